The molecule has 0 spiro atoms. The number of amides is 1. The first-order valence-corrected chi connectivity index (χ1v) is 7.64. The third-order valence-electron chi connectivity index (χ3n) is 3.72. The fourth-order valence-electron chi connectivity index (χ4n) is 2.54. The lowest BCUT2D eigenvalue weighted by Gasteiger charge is -2.07. The standard InChI is InChI=1S/C18H16ClN3O/c1-3-21-12-22(17-7-5-4-6-16(17)21)11-18(23)20-15-10-14(19)9-8-13(15)2/h3-10,12H,1,11H2,2H3/p+1. The van der Waals surface area contributed by atoms with Crippen LogP contribution in [-0.2, 0) is 11.3 Å². The molecule has 0 aliphatic heterocycles. The van der Waals surface area contributed by atoms with Crippen molar-refractivity contribution in [3.05, 3.63) is 66.0 Å². The lowest BCUT2D eigenvalue weighted by atomic mass is 10.2. The van der Waals surface area contributed by atoms with Gasteiger partial charge in [-0.1, -0.05) is 36.4 Å². The van der Waals surface area contributed by atoms with E-state index in [9.17, 15) is 4.79 Å². The number of fused-ring (bicyclic) bond motifs is 1. The van der Waals surface area contributed by atoms with Gasteiger partial charge in [-0.3, -0.25) is 4.79 Å². The molecule has 1 N–H and O–H groups in total. The third-order valence-corrected chi connectivity index (χ3v) is 3.95. The van der Waals surface area contributed by atoms with Gasteiger partial charge in [0, 0.05) is 10.7 Å². The van der Waals surface area contributed by atoms with Crippen LogP contribution in [0.25, 0.3) is 17.2 Å². The minimum absolute atomic E-state index is 0.104. The molecule has 0 aliphatic rings. The molecule has 4 nitrogen and oxygen atoms in total. The van der Waals surface area contributed by atoms with E-state index in [1.807, 2.05) is 52.7 Å². The van der Waals surface area contributed by atoms with E-state index in [0.29, 0.717) is 5.02 Å². The average molecular weight is 327 g/mol. The first kappa shape index (κ1) is 15.3. The van der Waals surface area contributed by atoms with E-state index in [2.05, 4.69) is 11.9 Å². The Kier molecular flexibility index (Phi) is 4.17. The zero-order valence-electron chi connectivity index (χ0n) is 12.8. The van der Waals surface area contributed by atoms with E-state index in [4.69, 9.17) is 11.6 Å². The topological polar surface area (TPSA) is 37.9 Å². The molecule has 0 radical (unpaired) electrons. The van der Waals surface area contributed by atoms with Gasteiger partial charge in [-0.2, -0.15) is 0 Å². The molecule has 1 aromatic heterocycles. The summed E-state index contributed by atoms with van der Waals surface area (Å²) in [4.78, 5) is 12.4. The third kappa shape index (κ3) is 3.12. The van der Waals surface area contributed by atoms with E-state index in [0.717, 1.165) is 22.3 Å². The highest BCUT2D eigenvalue weighted by Gasteiger charge is 2.16. The van der Waals surface area contributed by atoms with Crippen molar-refractivity contribution in [1.82, 2.24) is 4.57 Å². The second-order valence-electron chi connectivity index (χ2n) is 5.33. The SMILES string of the molecule is C=Cn1c[n+](CC(=O)Nc2cc(Cl)ccc2C)c2ccccc21. The highest BCUT2D eigenvalue weighted by molar-refractivity contribution is 6.31. The van der Waals surface area contributed by atoms with Crippen molar-refractivity contribution in [1.29, 1.82) is 0 Å². The highest BCUT2D eigenvalue weighted by atomic mass is 35.5. The van der Waals surface area contributed by atoms with Crippen LogP contribution in [-0.4, -0.2) is 10.5 Å². The summed E-state index contributed by atoms with van der Waals surface area (Å²) in [5.74, 6) is -0.104. The number of nitrogens with zero attached hydrogens (tertiary/aromatic N) is 2. The Bertz CT molecular complexity index is 898. The monoisotopic (exact) mass is 326 g/mol. The lowest BCUT2D eigenvalue weighted by molar-refractivity contribution is -0.658. The van der Waals surface area contributed by atoms with Crippen LogP contribution in [0, 0.1) is 6.92 Å². The molecule has 0 saturated heterocycles. The van der Waals surface area contributed by atoms with Crippen LogP contribution in [0.4, 0.5) is 5.69 Å². The number of anilines is 1. The average Bonchev–Trinajstić information content (AvgIpc) is 2.89. The maximum atomic E-state index is 12.4. The van der Waals surface area contributed by atoms with Crippen LogP contribution in [0.15, 0.2) is 55.4 Å². The predicted octanol–water partition coefficient (Wildman–Crippen LogP) is 3.63. The smallest absolute Gasteiger partial charge is 0.266 e. The Hall–Kier alpha value is -2.59. The molecule has 0 aliphatic carbocycles. The summed E-state index contributed by atoms with van der Waals surface area (Å²) in [6.07, 6.45) is 3.58. The molecule has 0 atom stereocenters. The maximum absolute atomic E-state index is 12.4. The van der Waals surface area contributed by atoms with Gasteiger partial charge >= 0.3 is 0 Å². The number of hydrogen-bond donors (Lipinski definition) is 1. The normalized spacial score (nSPS) is 10.7. The number of carbonyl (C=O) groups is 1. The van der Waals surface area contributed by atoms with Crippen molar-refractivity contribution in [2.24, 2.45) is 0 Å². The van der Waals surface area contributed by atoms with Crippen molar-refractivity contribution in [3.63, 3.8) is 0 Å². The molecule has 0 saturated carbocycles. The Morgan fingerprint density at radius 2 is 2.13 bits per heavy atom. The summed E-state index contributed by atoms with van der Waals surface area (Å²) in [5, 5.41) is 3.51. The number of nitrogens with one attached hydrogen (secondary N) is 1. The second kappa shape index (κ2) is 6.26. The summed E-state index contributed by atoms with van der Waals surface area (Å²) in [5.41, 5.74) is 3.69. The zero-order valence-corrected chi connectivity index (χ0v) is 13.5. The Labute approximate surface area is 139 Å². The molecule has 0 unspecified atom stereocenters. The van der Waals surface area contributed by atoms with Crippen molar-refractivity contribution in [3.8, 4) is 0 Å². The molecular formula is C18H17ClN3O+. The van der Waals surface area contributed by atoms with Gasteiger partial charge in [-0.25, -0.2) is 9.13 Å². The van der Waals surface area contributed by atoms with Gasteiger partial charge in [0.1, 0.15) is 0 Å². The van der Waals surface area contributed by atoms with E-state index >= 15 is 0 Å². The predicted molar refractivity (Wildman–Crippen MR) is 93.3 cm³/mol. The van der Waals surface area contributed by atoms with Crippen LogP contribution in [0.1, 0.15) is 5.56 Å². The lowest BCUT2D eigenvalue weighted by Crippen LogP contribution is -2.39. The van der Waals surface area contributed by atoms with Gasteiger partial charge in [0.05, 0.1) is 6.20 Å². The quantitative estimate of drug-likeness (QED) is 0.730. The van der Waals surface area contributed by atoms with E-state index < -0.39 is 0 Å². The molecule has 5 heteroatoms. The van der Waals surface area contributed by atoms with Crippen molar-refractivity contribution in [2.45, 2.75) is 13.5 Å². The molecule has 3 rings (SSSR count). The molecule has 0 bridgehead atoms. The summed E-state index contributed by atoms with van der Waals surface area (Å²) < 4.78 is 3.79. The minimum Gasteiger partial charge on any atom is -0.322 e. The van der Waals surface area contributed by atoms with Crippen LogP contribution < -0.4 is 9.88 Å². The number of aromatic nitrogens is 2. The van der Waals surface area contributed by atoms with Crippen LogP contribution >= 0.6 is 11.6 Å². The molecule has 0 fully saturated rings. The molecule has 23 heavy (non-hydrogen) atoms. The van der Waals surface area contributed by atoms with Crippen LogP contribution in [0.5, 0.6) is 0 Å². The van der Waals surface area contributed by atoms with Gasteiger partial charge in [0.2, 0.25) is 6.33 Å². The largest absolute Gasteiger partial charge is 0.322 e. The zero-order chi connectivity index (χ0) is 16.4. The highest BCUT2D eigenvalue weighted by Crippen LogP contribution is 2.20. The second-order valence-corrected chi connectivity index (χ2v) is 5.77. The first-order chi connectivity index (χ1) is 11.1. The number of imidazole rings is 1. The molecule has 3 aromatic rings. The summed E-state index contributed by atoms with van der Waals surface area (Å²) in [6.45, 7) is 5.95. The van der Waals surface area contributed by atoms with Gasteiger partial charge in [-0.05, 0) is 36.8 Å². The minimum atomic E-state index is -0.104. The van der Waals surface area contributed by atoms with Crippen molar-refractivity contribution < 1.29 is 9.36 Å². The number of hydrogen-bond acceptors (Lipinski definition) is 1. The Morgan fingerprint density at radius 3 is 2.91 bits per heavy atom. The van der Waals surface area contributed by atoms with E-state index in [-0.39, 0.29) is 12.5 Å². The van der Waals surface area contributed by atoms with Gasteiger partial charge in [0.15, 0.2) is 17.6 Å². The Balaban J connectivity index is 1.86. The van der Waals surface area contributed by atoms with E-state index in [1.54, 1.807) is 18.3 Å². The molecule has 1 amide bonds. The number of aryl methyl sites for hydroxylation is 1. The number of para-hydroxylation sites is 2. The molecule has 116 valence electrons. The molecule has 1 heterocycles. The van der Waals surface area contributed by atoms with Gasteiger partial charge in [0.25, 0.3) is 5.91 Å². The molecular weight excluding hydrogens is 310 g/mol. The van der Waals surface area contributed by atoms with Crippen molar-refractivity contribution in [2.75, 3.05) is 5.32 Å². The maximum Gasteiger partial charge on any atom is 0.266 e. The van der Waals surface area contributed by atoms with Gasteiger partial charge < -0.3 is 5.32 Å². The van der Waals surface area contributed by atoms with Crippen LogP contribution in [0.2, 0.25) is 5.02 Å². The number of carbonyl (C=O) groups excluding carboxylic acids is 1. The summed E-state index contributed by atoms with van der Waals surface area (Å²) in [6, 6.07) is 13.3. The molecule has 2 aromatic carbocycles. The van der Waals surface area contributed by atoms with Gasteiger partial charge in [-0.15, -0.1) is 0 Å². The number of halogens is 1. The first-order valence-electron chi connectivity index (χ1n) is 7.26. The Morgan fingerprint density at radius 1 is 1.35 bits per heavy atom. The summed E-state index contributed by atoms with van der Waals surface area (Å²) >= 11 is 5.99. The fraction of sp³-hybridized carbons (Fsp3) is 0.111. The number of rotatable bonds is 4. The summed E-state index contributed by atoms with van der Waals surface area (Å²) in [7, 11) is 0. The van der Waals surface area contributed by atoms with Crippen LogP contribution in [0.3, 0.4) is 0 Å². The fourth-order valence-corrected chi connectivity index (χ4v) is 2.72. The van der Waals surface area contributed by atoms with E-state index in [1.165, 1.54) is 0 Å². The number of benzene rings is 2. The van der Waals surface area contributed by atoms with Crippen molar-refractivity contribution >= 4 is 40.4 Å².